The van der Waals surface area contributed by atoms with E-state index in [1.165, 1.54) is 0 Å². The molecule has 0 saturated carbocycles. The summed E-state index contributed by atoms with van der Waals surface area (Å²) in [6.45, 7) is 0.834. The van der Waals surface area contributed by atoms with E-state index >= 15 is 0 Å². The molecule has 1 amide bonds. The second-order valence-electron chi connectivity index (χ2n) is 6.11. The lowest BCUT2D eigenvalue weighted by Crippen LogP contribution is -2.14. The fraction of sp³-hybridized carbons (Fsp3) is 0.0909. The summed E-state index contributed by atoms with van der Waals surface area (Å²) in [7, 11) is 0. The second-order valence-corrected chi connectivity index (χ2v) is 6.11. The van der Waals surface area contributed by atoms with Crippen LogP contribution < -0.4 is 5.32 Å². The number of hydrogen-bond donors (Lipinski definition) is 1. The van der Waals surface area contributed by atoms with Gasteiger partial charge in [-0.15, -0.1) is 0 Å². The number of amides is 1. The summed E-state index contributed by atoms with van der Waals surface area (Å²) in [6, 6.07) is 20.9. The zero-order valence-electron chi connectivity index (χ0n) is 14.6. The first-order chi connectivity index (χ1) is 13.3. The minimum Gasteiger partial charge on any atom is -0.467 e. The second kappa shape index (κ2) is 7.85. The zero-order chi connectivity index (χ0) is 18.5. The standard InChI is InChI=1S/C22H18N2O3/c25-22(21-20-9-2-1-6-17(20)10-11-23-21)24-18-7-3-5-16(13-18)14-26-15-19-8-4-12-27-19/h1-13H,14-15H2,(H,24,25). The van der Waals surface area contributed by atoms with Gasteiger partial charge in [0, 0.05) is 17.3 Å². The molecule has 0 bridgehead atoms. The number of anilines is 1. The summed E-state index contributed by atoms with van der Waals surface area (Å²) in [6.07, 6.45) is 3.27. The average Bonchev–Trinajstić information content (AvgIpc) is 3.21. The Kier molecular flexibility index (Phi) is 4.94. The highest BCUT2D eigenvalue weighted by molar-refractivity contribution is 6.11. The molecule has 0 aliphatic rings. The Labute approximate surface area is 156 Å². The number of rotatable bonds is 6. The van der Waals surface area contributed by atoms with Crippen LogP contribution in [0.25, 0.3) is 10.8 Å². The molecule has 5 nitrogen and oxygen atoms in total. The molecular formula is C22H18N2O3. The first-order valence-electron chi connectivity index (χ1n) is 8.64. The molecule has 4 aromatic rings. The van der Waals surface area contributed by atoms with Crippen LogP contribution in [0.3, 0.4) is 0 Å². The number of benzene rings is 2. The van der Waals surface area contributed by atoms with Crippen molar-refractivity contribution in [2.45, 2.75) is 13.2 Å². The number of aromatic nitrogens is 1. The molecule has 2 aromatic carbocycles. The maximum atomic E-state index is 12.7. The van der Waals surface area contributed by atoms with E-state index in [0.29, 0.717) is 24.6 Å². The summed E-state index contributed by atoms with van der Waals surface area (Å²) in [4.78, 5) is 16.9. The minimum absolute atomic E-state index is 0.236. The van der Waals surface area contributed by atoms with Crippen LogP contribution in [-0.4, -0.2) is 10.9 Å². The number of hydrogen-bond acceptors (Lipinski definition) is 4. The molecule has 0 aliphatic carbocycles. The van der Waals surface area contributed by atoms with Gasteiger partial charge in [0.25, 0.3) is 5.91 Å². The third kappa shape index (κ3) is 4.04. The van der Waals surface area contributed by atoms with Crippen molar-refractivity contribution < 1.29 is 13.9 Å². The van der Waals surface area contributed by atoms with Crippen molar-refractivity contribution in [3.05, 3.63) is 96.2 Å². The molecule has 0 fully saturated rings. The van der Waals surface area contributed by atoms with Gasteiger partial charge in [-0.3, -0.25) is 9.78 Å². The Bertz CT molecular complexity index is 1050. The van der Waals surface area contributed by atoms with Crippen molar-refractivity contribution in [3.63, 3.8) is 0 Å². The van der Waals surface area contributed by atoms with Crippen LogP contribution in [0.1, 0.15) is 21.8 Å². The Morgan fingerprint density at radius 3 is 2.81 bits per heavy atom. The smallest absolute Gasteiger partial charge is 0.274 e. The molecule has 2 aromatic heterocycles. The van der Waals surface area contributed by atoms with Crippen molar-refractivity contribution in [2.75, 3.05) is 5.32 Å². The van der Waals surface area contributed by atoms with Gasteiger partial charge in [0.05, 0.1) is 12.9 Å². The van der Waals surface area contributed by atoms with E-state index in [-0.39, 0.29) is 5.91 Å². The van der Waals surface area contributed by atoms with Gasteiger partial charge in [-0.2, -0.15) is 0 Å². The summed E-state index contributed by atoms with van der Waals surface area (Å²) in [5.41, 5.74) is 2.08. The molecule has 134 valence electrons. The minimum atomic E-state index is -0.236. The number of fused-ring (bicyclic) bond motifs is 1. The highest BCUT2D eigenvalue weighted by Crippen LogP contribution is 2.19. The maximum Gasteiger partial charge on any atom is 0.274 e. The number of nitrogens with one attached hydrogen (secondary N) is 1. The normalized spacial score (nSPS) is 10.8. The first-order valence-corrected chi connectivity index (χ1v) is 8.64. The van der Waals surface area contributed by atoms with Crippen molar-refractivity contribution in [3.8, 4) is 0 Å². The summed E-state index contributed by atoms with van der Waals surface area (Å²) in [5.74, 6) is 0.543. The number of ether oxygens (including phenoxy) is 1. The van der Waals surface area contributed by atoms with Crippen LogP contribution in [0.2, 0.25) is 0 Å². The van der Waals surface area contributed by atoms with Gasteiger partial charge in [-0.05, 0) is 41.3 Å². The van der Waals surface area contributed by atoms with E-state index < -0.39 is 0 Å². The molecule has 2 heterocycles. The zero-order valence-corrected chi connectivity index (χ0v) is 14.6. The van der Waals surface area contributed by atoms with Crippen LogP contribution in [0.4, 0.5) is 5.69 Å². The molecule has 0 aliphatic heterocycles. The molecule has 0 atom stereocenters. The highest BCUT2D eigenvalue weighted by Gasteiger charge is 2.12. The van der Waals surface area contributed by atoms with Gasteiger partial charge in [-0.25, -0.2) is 0 Å². The molecule has 0 unspecified atom stereocenters. The SMILES string of the molecule is O=C(Nc1cccc(COCc2ccco2)c1)c1nccc2ccccc12. The molecule has 27 heavy (non-hydrogen) atoms. The predicted molar refractivity (Wildman–Crippen MR) is 103 cm³/mol. The third-order valence-electron chi connectivity index (χ3n) is 4.17. The first kappa shape index (κ1) is 17.0. The molecule has 0 radical (unpaired) electrons. The van der Waals surface area contributed by atoms with Gasteiger partial charge >= 0.3 is 0 Å². The van der Waals surface area contributed by atoms with Gasteiger partial charge in [-0.1, -0.05) is 36.4 Å². The Balaban J connectivity index is 1.45. The predicted octanol–water partition coefficient (Wildman–Crippen LogP) is 4.80. The average molecular weight is 358 g/mol. The molecular weight excluding hydrogens is 340 g/mol. The third-order valence-corrected chi connectivity index (χ3v) is 4.17. The number of nitrogens with zero attached hydrogens (tertiary/aromatic N) is 1. The van der Waals surface area contributed by atoms with Crippen molar-refractivity contribution >= 4 is 22.4 Å². The topological polar surface area (TPSA) is 64.4 Å². The van der Waals surface area contributed by atoms with Gasteiger partial charge in [0.15, 0.2) is 0 Å². The lowest BCUT2D eigenvalue weighted by Gasteiger charge is -2.09. The fourth-order valence-electron chi connectivity index (χ4n) is 2.89. The number of carbonyl (C=O) groups is 1. The Morgan fingerprint density at radius 1 is 1.00 bits per heavy atom. The highest BCUT2D eigenvalue weighted by atomic mass is 16.5. The summed E-state index contributed by atoms with van der Waals surface area (Å²) >= 11 is 0. The lowest BCUT2D eigenvalue weighted by molar-refractivity contribution is 0.0929. The van der Waals surface area contributed by atoms with Crippen molar-refractivity contribution in [2.24, 2.45) is 0 Å². The number of pyridine rings is 1. The van der Waals surface area contributed by atoms with Gasteiger partial charge in [0.2, 0.25) is 0 Å². The molecule has 4 rings (SSSR count). The molecule has 1 N–H and O–H groups in total. The van der Waals surface area contributed by atoms with E-state index in [4.69, 9.17) is 9.15 Å². The maximum absolute atomic E-state index is 12.7. The van der Waals surface area contributed by atoms with E-state index in [1.807, 2.05) is 66.7 Å². The van der Waals surface area contributed by atoms with E-state index in [9.17, 15) is 4.79 Å². The van der Waals surface area contributed by atoms with E-state index in [1.54, 1.807) is 12.5 Å². The van der Waals surface area contributed by atoms with E-state index in [2.05, 4.69) is 10.3 Å². The van der Waals surface area contributed by atoms with Crippen molar-refractivity contribution in [1.82, 2.24) is 4.98 Å². The lowest BCUT2D eigenvalue weighted by atomic mass is 10.1. The Hall–Kier alpha value is -3.44. The van der Waals surface area contributed by atoms with E-state index in [0.717, 1.165) is 22.1 Å². The van der Waals surface area contributed by atoms with Crippen LogP contribution in [0, 0.1) is 0 Å². The van der Waals surface area contributed by atoms with Gasteiger partial charge < -0.3 is 14.5 Å². The Morgan fingerprint density at radius 2 is 1.93 bits per heavy atom. The van der Waals surface area contributed by atoms with Crippen LogP contribution >= 0.6 is 0 Å². The number of furan rings is 1. The van der Waals surface area contributed by atoms with Crippen molar-refractivity contribution in [1.29, 1.82) is 0 Å². The van der Waals surface area contributed by atoms with Gasteiger partial charge in [0.1, 0.15) is 18.1 Å². The largest absolute Gasteiger partial charge is 0.467 e. The summed E-state index contributed by atoms with van der Waals surface area (Å²) < 4.78 is 10.9. The number of carbonyl (C=O) groups excluding carboxylic acids is 1. The molecule has 0 spiro atoms. The summed E-state index contributed by atoms with van der Waals surface area (Å²) in [5, 5.41) is 4.73. The van der Waals surface area contributed by atoms with Crippen LogP contribution in [-0.2, 0) is 18.0 Å². The quantitative estimate of drug-likeness (QED) is 0.538. The molecule has 5 heteroatoms. The monoisotopic (exact) mass is 358 g/mol. The molecule has 0 saturated heterocycles. The van der Waals surface area contributed by atoms with Crippen LogP contribution in [0.15, 0.2) is 83.6 Å². The fourth-order valence-corrected chi connectivity index (χ4v) is 2.89. The van der Waals surface area contributed by atoms with Crippen LogP contribution in [0.5, 0.6) is 0 Å².